The molecule has 1 aliphatic carbocycles. The lowest BCUT2D eigenvalue weighted by atomic mass is 9.72. The van der Waals surface area contributed by atoms with E-state index in [0.717, 1.165) is 24.8 Å². The van der Waals surface area contributed by atoms with Crippen molar-refractivity contribution < 1.29 is 14.6 Å². The Morgan fingerprint density at radius 3 is 2.80 bits per heavy atom. The van der Waals surface area contributed by atoms with Crippen molar-refractivity contribution in [3.63, 3.8) is 0 Å². The molecular weight excluding hydrogens is 192 g/mol. The van der Waals surface area contributed by atoms with Crippen molar-refractivity contribution in [3.8, 4) is 0 Å². The molecule has 0 aliphatic heterocycles. The quantitative estimate of drug-likeness (QED) is 0.575. The number of carbonyl (C=O) groups is 1. The first-order valence-electron chi connectivity index (χ1n) is 5.57. The van der Waals surface area contributed by atoms with Crippen LogP contribution in [0.5, 0.6) is 0 Å². The molecule has 0 bridgehead atoms. The molecule has 1 saturated carbocycles. The molecule has 1 aliphatic rings. The number of esters is 1. The Morgan fingerprint density at radius 1 is 1.60 bits per heavy atom. The Kier molecular flexibility index (Phi) is 3.91. The minimum atomic E-state index is -1.33. The van der Waals surface area contributed by atoms with Gasteiger partial charge in [0, 0.05) is 5.92 Å². The van der Waals surface area contributed by atoms with E-state index < -0.39 is 11.6 Å². The van der Waals surface area contributed by atoms with Crippen LogP contribution in [0.4, 0.5) is 0 Å². The Morgan fingerprint density at radius 2 is 2.27 bits per heavy atom. The number of hydrogen-bond donors (Lipinski definition) is 1. The van der Waals surface area contributed by atoms with Gasteiger partial charge in [0.15, 0.2) is 5.60 Å². The van der Waals surface area contributed by atoms with Gasteiger partial charge in [-0.1, -0.05) is 18.6 Å². The van der Waals surface area contributed by atoms with Crippen molar-refractivity contribution in [2.75, 3.05) is 6.61 Å². The van der Waals surface area contributed by atoms with Crippen LogP contribution < -0.4 is 0 Å². The molecule has 3 nitrogen and oxygen atoms in total. The van der Waals surface area contributed by atoms with Crippen LogP contribution in [0.2, 0.25) is 0 Å². The minimum absolute atomic E-state index is 0.148. The van der Waals surface area contributed by atoms with Crippen LogP contribution in [0, 0.1) is 5.92 Å². The molecule has 0 spiro atoms. The van der Waals surface area contributed by atoms with Gasteiger partial charge in [0.05, 0.1) is 6.61 Å². The maximum absolute atomic E-state index is 11.7. The number of carbonyl (C=O) groups excluding carboxylic acids is 1. The van der Waals surface area contributed by atoms with Crippen LogP contribution in [0.25, 0.3) is 0 Å². The van der Waals surface area contributed by atoms with Gasteiger partial charge in [0.25, 0.3) is 0 Å². The van der Waals surface area contributed by atoms with Crippen molar-refractivity contribution in [2.24, 2.45) is 5.92 Å². The van der Waals surface area contributed by atoms with E-state index in [1.807, 2.05) is 6.92 Å². The largest absolute Gasteiger partial charge is 0.464 e. The second-order valence-electron chi connectivity index (χ2n) is 4.29. The predicted molar refractivity (Wildman–Crippen MR) is 58.4 cm³/mol. The van der Waals surface area contributed by atoms with Gasteiger partial charge in [0.2, 0.25) is 0 Å². The number of aliphatic hydroxyl groups is 1. The molecule has 0 heterocycles. The zero-order valence-electron chi connectivity index (χ0n) is 9.58. The van der Waals surface area contributed by atoms with E-state index in [1.165, 1.54) is 0 Å². The van der Waals surface area contributed by atoms with Crippen molar-refractivity contribution in [3.05, 3.63) is 12.2 Å². The maximum atomic E-state index is 11.7. The number of ether oxygens (including phenoxy) is 1. The van der Waals surface area contributed by atoms with Gasteiger partial charge in [-0.2, -0.15) is 0 Å². The molecule has 86 valence electrons. The maximum Gasteiger partial charge on any atom is 0.338 e. The van der Waals surface area contributed by atoms with E-state index >= 15 is 0 Å². The fourth-order valence-corrected chi connectivity index (χ4v) is 2.31. The summed E-state index contributed by atoms with van der Waals surface area (Å²) in [6.07, 6.45) is 3.23. The van der Waals surface area contributed by atoms with Crippen LogP contribution in [-0.2, 0) is 9.53 Å². The van der Waals surface area contributed by atoms with E-state index in [2.05, 4.69) is 6.58 Å². The summed E-state index contributed by atoms with van der Waals surface area (Å²) >= 11 is 0. The minimum Gasteiger partial charge on any atom is -0.464 e. The Bertz CT molecular complexity index is 260. The van der Waals surface area contributed by atoms with E-state index in [9.17, 15) is 9.90 Å². The van der Waals surface area contributed by atoms with E-state index in [-0.39, 0.29) is 5.92 Å². The van der Waals surface area contributed by atoms with Crippen LogP contribution in [0.15, 0.2) is 12.2 Å². The Hall–Kier alpha value is -0.830. The summed E-state index contributed by atoms with van der Waals surface area (Å²) < 4.78 is 4.93. The molecule has 0 aromatic heterocycles. The lowest BCUT2D eigenvalue weighted by molar-refractivity contribution is -0.173. The van der Waals surface area contributed by atoms with Crippen molar-refractivity contribution in [2.45, 2.75) is 45.1 Å². The standard InChI is InChI=1S/C12H20O3/c1-4-15-11(13)12(14)8-6-5-7-10(12)9(2)3/h10,14H,2,4-8H2,1,3H3/t10-,12?/m1/s1. The fraction of sp³-hybridized carbons (Fsp3) is 0.750. The molecule has 2 atom stereocenters. The fourth-order valence-electron chi connectivity index (χ4n) is 2.31. The molecule has 0 amide bonds. The highest BCUT2D eigenvalue weighted by atomic mass is 16.5. The van der Waals surface area contributed by atoms with Gasteiger partial charge in [0.1, 0.15) is 0 Å². The third-order valence-electron chi connectivity index (χ3n) is 3.10. The Balaban J connectivity index is 2.85. The van der Waals surface area contributed by atoms with Crippen LogP contribution in [0.3, 0.4) is 0 Å². The van der Waals surface area contributed by atoms with Crippen molar-refractivity contribution in [1.82, 2.24) is 0 Å². The molecule has 0 radical (unpaired) electrons. The third kappa shape index (κ3) is 2.40. The number of hydrogen-bond acceptors (Lipinski definition) is 3. The molecule has 0 aromatic rings. The normalized spacial score (nSPS) is 31.0. The molecule has 1 fully saturated rings. The zero-order chi connectivity index (χ0) is 11.5. The second-order valence-corrected chi connectivity index (χ2v) is 4.29. The molecular formula is C12H20O3. The van der Waals surface area contributed by atoms with E-state index in [1.54, 1.807) is 6.92 Å². The van der Waals surface area contributed by atoms with Crippen molar-refractivity contribution in [1.29, 1.82) is 0 Å². The van der Waals surface area contributed by atoms with Gasteiger partial charge in [-0.15, -0.1) is 0 Å². The SMILES string of the molecule is C=C(C)[C@H]1CCCCC1(O)C(=O)OCC. The lowest BCUT2D eigenvalue weighted by Gasteiger charge is -2.38. The Labute approximate surface area is 91.1 Å². The molecule has 1 unspecified atom stereocenters. The average molecular weight is 212 g/mol. The van der Waals surface area contributed by atoms with Gasteiger partial charge >= 0.3 is 5.97 Å². The summed E-state index contributed by atoms with van der Waals surface area (Å²) in [4.78, 5) is 11.7. The topological polar surface area (TPSA) is 46.5 Å². The molecule has 1 rings (SSSR count). The first-order valence-corrected chi connectivity index (χ1v) is 5.57. The molecule has 1 N–H and O–H groups in total. The predicted octanol–water partition coefficient (Wildman–Crippen LogP) is 2.05. The first kappa shape index (κ1) is 12.2. The average Bonchev–Trinajstić information content (AvgIpc) is 2.18. The summed E-state index contributed by atoms with van der Waals surface area (Å²) in [7, 11) is 0. The third-order valence-corrected chi connectivity index (χ3v) is 3.10. The van der Waals surface area contributed by atoms with Gasteiger partial charge in [-0.25, -0.2) is 4.79 Å². The summed E-state index contributed by atoms with van der Waals surface area (Å²) in [6.45, 7) is 7.77. The molecule has 0 saturated heterocycles. The molecule has 15 heavy (non-hydrogen) atoms. The van der Waals surface area contributed by atoms with Gasteiger partial charge < -0.3 is 9.84 Å². The monoisotopic (exact) mass is 212 g/mol. The summed E-state index contributed by atoms with van der Waals surface area (Å²) in [5.74, 6) is -0.636. The summed E-state index contributed by atoms with van der Waals surface area (Å²) in [5, 5.41) is 10.4. The van der Waals surface area contributed by atoms with Crippen LogP contribution in [0.1, 0.15) is 39.5 Å². The highest BCUT2D eigenvalue weighted by molar-refractivity contribution is 5.80. The van der Waals surface area contributed by atoms with Crippen LogP contribution in [-0.4, -0.2) is 23.3 Å². The smallest absolute Gasteiger partial charge is 0.338 e. The lowest BCUT2D eigenvalue weighted by Crippen LogP contribution is -2.49. The van der Waals surface area contributed by atoms with E-state index in [4.69, 9.17) is 4.74 Å². The second kappa shape index (κ2) is 4.79. The highest BCUT2D eigenvalue weighted by Gasteiger charge is 2.46. The summed E-state index contributed by atoms with van der Waals surface area (Å²) in [6, 6.07) is 0. The zero-order valence-corrected chi connectivity index (χ0v) is 9.58. The first-order chi connectivity index (χ1) is 7.02. The summed E-state index contributed by atoms with van der Waals surface area (Å²) in [5.41, 5.74) is -0.467. The molecule has 3 heteroatoms. The van der Waals surface area contributed by atoms with E-state index in [0.29, 0.717) is 13.0 Å². The van der Waals surface area contributed by atoms with Crippen LogP contribution >= 0.6 is 0 Å². The molecule has 0 aromatic carbocycles. The van der Waals surface area contributed by atoms with Gasteiger partial charge in [-0.3, -0.25) is 0 Å². The highest BCUT2D eigenvalue weighted by Crippen LogP contribution is 2.38. The van der Waals surface area contributed by atoms with Crippen molar-refractivity contribution >= 4 is 5.97 Å². The number of rotatable bonds is 3. The van der Waals surface area contributed by atoms with Gasteiger partial charge in [-0.05, 0) is 33.1 Å².